The first kappa shape index (κ1) is 22.5. The van der Waals surface area contributed by atoms with Crippen molar-refractivity contribution >= 4 is 45.9 Å². The highest BCUT2D eigenvalue weighted by Gasteiger charge is 2.01. The molecule has 0 atom stereocenters. The van der Waals surface area contributed by atoms with Crippen LogP contribution in [0.2, 0.25) is 0 Å². The number of halogens is 2. The molecule has 0 aliphatic rings. The summed E-state index contributed by atoms with van der Waals surface area (Å²) in [6.07, 6.45) is 7.27. The predicted molar refractivity (Wildman–Crippen MR) is 126 cm³/mol. The number of guanidine groups is 1. The number of aryl methyl sites for hydroxylation is 1. The van der Waals surface area contributed by atoms with Gasteiger partial charge < -0.3 is 15.1 Å². The lowest BCUT2D eigenvalue weighted by Gasteiger charge is -2.12. The van der Waals surface area contributed by atoms with Gasteiger partial charge in [-0.1, -0.05) is 28.1 Å². The molecule has 3 aromatic rings. The van der Waals surface area contributed by atoms with Gasteiger partial charge in [0, 0.05) is 42.9 Å². The second-order valence-corrected chi connectivity index (χ2v) is 7.01. The van der Waals surface area contributed by atoms with E-state index in [1.165, 1.54) is 5.56 Å². The zero-order valence-corrected chi connectivity index (χ0v) is 19.5. The molecule has 3 rings (SSSR count). The number of hydrogen-bond acceptors (Lipinski definition) is 3. The van der Waals surface area contributed by atoms with Crippen LogP contribution in [0.4, 0.5) is 0 Å². The van der Waals surface area contributed by atoms with Gasteiger partial charge in [-0.25, -0.2) is 4.99 Å². The smallest absolute Gasteiger partial charge is 0.191 e. The Morgan fingerprint density at radius 2 is 1.93 bits per heavy atom. The predicted octanol–water partition coefficient (Wildman–Crippen LogP) is 4.22. The third-order valence-electron chi connectivity index (χ3n) is 3.99. The van der Waals surface area contributed by atoms with Gasteiger partial charge in [-0.15, -0.1) is 24.0 Å². The summed E-state index contributed by atoms with van der Waals surface area (Å²) < 4.78 is 8.39. The fourth-order valence-electron chi connectivity index (χ4n) is 2.57. The van der Waals surface area contributed by atoms with Gasteiger partial charge >= 0.3 is 0 Å². The van der Waals surface area contributed by atoms with Crippen LogP contribution in [0.15, 0.2) is 75.0 Å². The van der Waals surface area contributed by atoms with E-state index < -0.39 is 0 Å². The summed E-state index contributed by atoms with van der Waals surface area (Å²) >= 11 is 3.46. The van der Waals surface area contributed by atoms with E-state index >= 15 is 0 Å². The van der Waals surface area contributed by atoms with Crippen molar-refractivity contribution in [1.82, 2.24) is 20.4 Å². The molecule has 0 radical (unpaired) electrons. The Hall–Kier alpha value is -1.81. The number of rotatable bonds is 9. The highest BCUT2D eigenvalue weighted by Crippen LogP contribution is 2.11. The molecule has 2 aromatic heterocycles. The molecule has 0 saturated heterocycles. The molecular weight excluding hydrogens is 533 g/mol. The van der Waals surface area contributed by atoms with Crippen LogP contribution in [0, 0.1) is 0 Å². The van der Waals surface area contributed by atoms with E-state index in [1.54, 1.807) is 12.5 Å². The van der Waals surface area contributed by atoms with Crippen molar-refractivity contribution in [2.45, 2.75) is 25.9 Å². The van der Waals surface area contributed by atoms with E-state index in [-0.39, 0.29) is 24.0 Å². The lowest BCUT2D eigenvalue weighted by molar-refractivity contribution is 0.506. The number of benzene rings is 1. The molecule has 2 heterocycles. The lowest BCUT2D eigenvalue weighted by Crippen LogP contribution is -2.39. The number of aromatic nitrogens is 2. The van der Waals surface area contributed by atoms with Crippen molar-refractivity contribution in [2.24, 2.45) is 4.99 Å². The van der Waals surface area contributed by atoms with Crippen LogP contribution in [-0.2, 0) is 19.5 Å². The van der Waals surface area contributed by atoms with Crippen molar-refractivity contribution in [3.05, 3.63) is 76.9 Å². The second kappa shape index (κ2) is 12.6. The van der Waals surface area contributed by atoms with Crippen LogP contribution in [0.3, 0.4) is 0 Å². The Bertz CT molecular complexity index is 804. The average molecular weight is 558 g/mol. The normalized spacial score (nSPS) is 11.1. The Balaban J connectivity index is 0.00000280. The molecule has 1 aromatic carbocycles. The standard InChI is InChI=1S/C20H24BrN5O.HI/c21-18-7-5-17(6-8-18)16-24-20(23-12-9-19-4-1-15-27-19)22-10-2-13-26-14-3-11-25-26;/h1,3-8,11,14-15H,2,9-10,12-13,16H2,(H2,22,23,24);1H. The minimum Gasteiger partial charge on any atom is -0.469 e. The maximum atomic E-state index is 5.38. The van der Waals surface area contributed by atoms with Gasteiger partial charge in [0.2, 0.25) is 0 Å². The molecule has 150 valence electrons. The average Bonchev–Trinajstić information content (AvgIpc) is 3.38. The van der Waals surface area contributed by atoms with Crippen molar-refractivity contribution in [3.8, 4) is 0 Å². The van der Waals surface area contributed by atoms with E-state index in [0.717, 1.165) is 48.7 Å². The first-order chi connectivity index (χ1) is 13.3. The topological polar surface area (TPSA) is 67.4 Å². The van der Waals surface area contributed by atoms with Crippen molar-refractivity contribution in [2.75, 3.05) is 13.1 Å². The quantitative estimate of drug-likeness (QED) is 0.179. The molecule has 0 aliphatic heterocycles. The molecule has 0 unspecified atom stereocenters. The van der Waals surface area contributed by atoms with Crippen molar-refractivity contribution < 1.29 is 4.42 Å². The van der Waals surface area contributed by atoms with Crippen molar-refractivity contribution in [1.29, 1.82) is 0 Å². The summed E-state index contributed by atoms with van der Waals surface area (Å²) in [6, 6.07) is 14.0. The maximum absolute atomic E-state index is 5.38. The molecule has 0 fully saturated rings. The van der Waals surface area contributed by atoms with E-state index in [4.69, 9.17) is 9.41 Å². The summed E-state index contributed by atoms with van der Waals surface area (Å²) in [5.74, 6) is 1.78. The minimum atomic E-state index is 0. The van der Waals surface area contributed by atoms with E-state index in [0.29, 0.717) is 6.54 Å². The van der Waals surface area contributed by atoms with Crippen LogP contribution in [-0.4, -0.2) is 28.8 Å². The molecule has 28 heavy (non-hydrogen) atoms. The first-order valence-electron chi connectivity index (χ1n) is 9.06. The highest BCUT2D eigenvalue weighted by molar-refractivity contribution is 14.0. The second-order valence-electron chi connectivity index (χ2n) is 6.10. The van der Waals surface area contributed by atoms with Crippen LogP contribution in [0.25, 0.3) is 0 Å². The SMILES string of the molecule is Brc1ccc(CN=C(NCCCn2cccn2)NCCc2ccco2)cc1.I. The lowest BCUT2D eigenvalue weighted by atomic mass is 10.2. The number of nitrogens with one attached hydrogen (secondary N) is 2. The van der Waals surface area contributed by atoms with Crippen LogP contribution in [0.1, 0.15) is 17.7 Å². The van der Waals surface area contributed by atoms with Crippen molar-refractivity contribution in [3.63, 3.8) is 0 Å². The Kier molecular flexibility index (Phi) is 10.1. The summed E-state index contributed by atoms with van der Waals surface area (Å²) in [7, 11) is 0. The molecule has 8 heteroatoms. The third-order valence-corrected chi connectivity index (χ3v) is 4.52. The molecule has 0 spiro atoms. The Morgan fingerprint density at radius 1 is 1.11 bits per heavy atom. The fourth-order valence-corrected chi connectivity index (χ4v) is 2.84. The molecule has 2 N–H and O–H groups in total. The number of nitrogens with zero attached hydrogens (tertiary/aromatic N) is 3. The largest absolute Gasteiger partial charge is 0.469 e. The monoisotopic (exact) mass is 557 g/mol. The van der Waals surface area contributed by atoms with Gasteiger partial charge in [-0.3, -0.25) is 4.68 Å². The van der Waals surface area contributed by atoms with Gasteiger partial charge in [-0.05, 0) is 42.3 Å². The fraction of sp³-hybridized carbons (Fsp3) is 0.300. The highest BCUT2D eigenvalue weighted by atomic mass is 127. The Labute approximate surface area is 191 Å². The Morgan fingerprint density at radius 3 is 2.64 bits per heavy atom. The molecule has 0 amide bonds. The number of hydrogen-bond donors (Lipinski definition) is 2. The van der Waals surface area contributed by atoms with Gasteiger partial charge in [0.15, 0.2) is 5.96 Å². The number of furan rings is 1. The van der Waals surface area contributed by atoms with Crippen LogP contribution >= 0.6 is 39.9 Å². The summed E-state index contributed by atoms with van der Waals surface area (Å²) in [4.78, 5) is 4.70. The zero-order chi connectivity index (χ0) is 18.7. The first-order valence-corrected chi connectivity index (χ1v) is 9.85. The van der Waals surface area contributed by atoms with Gasteiger partial charge in [-0.2, -0.15) is 5.10 Å². The van der Waals surface area contributed by atoms with Crippen LogP contribution in [0.5, 0.6) is 0 Å². The zero-order valence-electron chi connectivity index (χ0n) is 15.6. The molecular formula is C20H25BrIN5O. The molecule has 0 bridgehead atoms. The maximum Gasteiger partial charge on any atom is 0.191 e. The summed E-state index contributed by atoms with van der Waals surface area (Å²) in [5.41, 5.74) is 1.17. The van der Waals surface area contributed by atoms with E-state index in [9.17, 15) is 0 Å². The van der Waals surface area contributed by atoms with E-state index in [1.807, 2.05) is 41.2 Å². The summed E-state index contributed by atoms with van der Waals surface area (Å²) in [5, 5.41) is 11.0. The molecule has 0 saturated carbocycles. The number of aliphatic imine (C=N–C) groups is 1. The van der Waals surface area contributed by atoms with E-state index in [2.05, 4.69) is 43.8 Å². The summed E-state index contributed by atoms with van der Waals surface area (Å²) in [6.45, 7) is 3.10. The third kappa shape index (κ3) is 8.05. The molecule has 0 aliphatic carbocycles. The van der Waals surface area contributed by atoms with Gasteiger partial charge in [0.05, 0.1) is 12.8 Å². The minimum absolute atomic E-state index is 0. The molecule has 6 nitrogen and oxygen atoms in total. The van der Waals surface area contributed by atoms with Crippen LogP contribution < -0.4 is 10.6 Å². The van der Waals surface area contributed by atoms with Gasteiger partial charge in [0.25, 0.3) is 0 Å². The van der Waals surface area contributed by atoms with Gasteiger partial charge in [0.1, 0.15) is 5.76 Å².